The first-order chi connectivity index (χ1) is 9.80. The summed E-state index contributed by atoms with van der Waals surface area (Å²) in [6.07, 6.45) is 7.71. The van der Waals surface area contributed by atoms with Crippen LogP contribution in [-0.4, -0.2) is 15.1 Å². The van der Waals surface area contributed by atoms with Crippen molar-refractivity contribution in [2.75, 3.05) is 0 Å². The third-order valence-corrected chi connectivity index (χ3v) is 4.27. The number of nitriles is 1. The number of rotatable bonds is 3. The van der Waals surface area contributed by atoms with Crippen molar-refractivity contribution >= 4 is 0 Å². The molecule has 104 valence electrons. The standard InChI is InChI=1S/C15H18N4O/c1-2-10-3-5-12(6-4-10)14-18-15(20-19-14)13-7-11(8-16)9-17-13/h7,9-10,12,17H,2-6H2,1H3. The van der Waals surface area contributed by atoms with Crippen LogP contribution in [0.5, 0.6) is 0 Å². The van der Waals surface area contributed by atoms with Gasteiger partial charge in [0.05, 0.1) is 5.56 Å². The van der Waals surface area contributed by atoms with E-state index < -0.39 is 0 Å². The largest absolute Gasteiger partial charge is 0.356 e. The van der Waals surface area contributed by atoms with E-state index in [1.807, 2.05) is 0 Å². The topological polar surface area (TPSA) is 78.5 Å². The molecule has 5 heteroatoms. The first kappa shape index (κ1) is 12.9. The van der Waals surface area contributed by atoms with Crippen LogP contribution in [0.25, 0.3) is 11.6 Å². The van der Waals surface area contributed by atoms with Gasteiger partial charge in [0.1, 0.15) is 11.8 Å². The molecule has 1 saturated carbocycles. The molecular formula is C15H18N4O. The number of hydrogen-bond acceptors (Lipinski definition) is 4. The van der Waals surface area contributed by atoms with Crippen LogP contribution >= 0.6 is 0 Å². The molecule has 0 radical (unpaired) electrons. The van der Waals surface area contributed by atoms with Crippen LogP contribution in [0.1, 0.15) is 56.3 Å². The summed E-state index contributed by atoms with van der Waals surface area (Å²) < 4.78 is 5.31. The van der Waals surface area contributed by atoms with Gasteiger partial charge in [-0.15, -0.1) is 0 Å². The van der Waals surface area contributed by atoms with Crippen molar-refractivity contribution in [2.45, 2.75) is 44.9 Å². The second-order valence-electron chi connectivity index (χ2n) is 5.50. The van der Waals surface area contributed by atoms with Gasteiger partial charge in [0.2, 0.25) is 0 Å². The zero-order chi connectivity index (χ0) is 13.9. The van der Waals surface area contributed by atoms with Crippen molar-refractivity contribution in [3.63, 3.8) is 0 Å². The van der Waals surface area contributed by atoms with E-state index in [9.17, 15) is 0 Å². The Kier molecular flexibility index (Phi) is 3.55. The molecule has 1 aliphatic carbocycles. The van der Waals surface area contributed by atoms with E-state index in [4.69, 9.17) is 9.78 Å². The predicted molar refractivity (Wildman–Crippen MR) is 73.8 cm³/mol. The Morgan fingerprint density at radius 1 is 1.40 bits per heavy atom. The van der Waals surface area contributed by atoms with Gasteiger partial charge in [0.15, 0.2) is 5.82 Å². The third kappa shape index (κ3) is 2.46. The Morgan fingerprint density at radius 3 is 2.85 bits per heavy atom. The van der Waals surface area contributed by atoms with E-state index in [1.54, 1.807) is 12.3 Å². The average molecular weight is 270 g/mol. The summed E-state index contributed by atoms with van der Waals surface area (Å²) in [6.45, 7) is 2.26. The smallest absolute Gasteiger partial charge is 0.274 e. The van der Waals surface area contributed by atoms with E-state index in [0.717, 1.165) is 24.6 Å². The lowest BCUT2D eigenvalue weighted by Gasteiger charge is -2.25. The number of nitrogens with zero attached hydrogens (tertiary/aromatic N) is 3. The summed E-state index contributed by atoms with van der Waals surface area (Å²) in [5.74, 6) is 2.56. The molecule has 0 amide bonds. The van der Waals surface area contributed by atoms with Crippen LogP contribution in [0.2, 0.25) is 0 Å². The minimum atomic E-state index is 0.417. The van der Waals surface area contributed by atoms with E-state index in [1.165, 1.54) is 19.3 Å². The van der Waals surface area contributed by atoms with Gasteiger partial charge in [-0.2, -0.15) is 10.2 Å². The van der Waals surface area contributed by atoms with Gasteiger partial charge in [-0.05, 0) is 37.7 Å². The highest BCUT2D eigenvalue weighted by Crippen LogP contribution is 2.36. The Hall–Kier alpha value is -2.09. The first-order valence-corrected chi connectivity index (χ1v) is 7.22. The number of aromatic amines is 1. The van der Waals surface area contributed by atoms with Gasteiger partial charge >= 0.3 is 0 Å². The average Bonchev–Trinajstić information content (AvgIpc) is 3.16. The van der Waals surface area contributed by atoms with Crippen molar-refractivity contribution in [3.8, 4) is 17.7 Å². The predicted octanol–water partition coefficient (Wildman–Crippen LogP) is 3.62. The Morgan fingerprint density at radius 2 is 2.20 bits per heavy atom. The van der Waals surface area contributed by atoms with Crippen molar-refractivity contribution in [2.24, 2.45) is 5.92 Å². The van der Waals surface area contributed by atoms with Crippen molar-refractivity contribution in [3.05, 3.63) is 23.7 Å². The summed E-state index contributed by atoms with van der Waals surface area (Å²) in [5, 5.41) is 12.9. The molecule has 0 aliphatic heterocycles. The zero-order valence-corrected chi connectivity index (χ0v) is 11.6. The van der Waals surface area contributed by atoms with Gasteiger partial charge in [0, 0.05) is 12.1 Å². The minimum Gasteiger partial charge on any atom is -0.356 e. The van der Waals surface area contributed by atoms with Crippen molar-refractivity contribution in [1.82, 2.24) is 15.1 Å². The minimum absolute atomic E-state index is 0.417. The fourth-order valence-electron chi connectivity index (χ4n) is 2.92. The number of H-pyrrole nitrogens is 1. The summed E-state index contributed by atoms with van der Waals surface area (Å²) in [4.78, 5) is 7.47. The lowest BCUT2D eigenvalue weighted by atomic mass is 9.80. The molecule has 0 aromatic carbocycles. The monoisotopic (exact) mass is 270 g/mol. The van der Waals surface area contributed by atoms with E-state index in [0.29, 0.717) is 23.1 Å². The molecule has 0 unspecified atom stereocenters. The number of nitrogens with one attached hydrogen (secondary N) is 1. The number of aromatic nitrogens is 3. The third-order valence-electron chi connectivity index (χ3n) is 4.27. The maximum absolute atomic E-state index is 8.82. The zero-order valence-electron chi connectivity index (χ0n) is 11.6. The fraction of sp³-hybridized carbons (Fsp3) is 0.533. The lowest BCUT2D eigenvalue weighted by Crippen LogP contribution is -2.13. The van der Waals surface area contributed by atoms with E-state index in [-0.39, 0.29) is 0 Å². The second kappa shape index (κ2) is 5.49. The van der Waals surface area contributed by atoms with Gasteiger partial charge in [-0.25, -0.2) is 0 Å². The maximum atomic E-state index is 8.82. The van der Waals surface area contributed by atoms with Crippen molar-refractivity contribution in [1.29, 1.82) is 5.26 Å². The van der Waals surface area contributed by atoms with Crippen LogP contribution in [0.3, 0.4) is 0 Å². The Labute approximate surface area is 118 Å². The molecule has 3 rings (SSSR count). The van der Waals surface area contributed by atoms with Crippen LogP contribution in [0.15, 0.2) is 16.8 Å². The Balaban J connectivity index is 1.72. The Bertz CT molecular complexity index is 614. The lowest BCUT2D eigenvalue weighted by molar-refractivity contribution is 0.305. The summed E-state index contributed by atoms with van der Waals surface area (Å²) in [6, 6.07) is 3.80. The van der Waals surface area contributed by atoms with Gasteiger partial charge in [-0.1, -0.05) is 18.5 Å². The van der Waals surface area contributed by atoms with Crippen LogP contribution in [0.4, 0.5) is 0 Å². The molecule has 0 bridgehead atoms. The van der Waals surface area contributed by atoms with Gasteiger partial charge < -0.3 is 9.51 Å². The molecule has 0 saturated heterocycles. The highest BCUT2D eigenvalue weighted by molar-refractivity contribution is 5.51. The maximum Gasteiger partial charge on any atom is 0.274 e. The van der Waals surface area contributed by atoms with Gasteiger partial charge in [0.25, 0.3) is 5.89 Å². The summed E-state index contributed by atoms with van der Waals surface area (Å²) in [5.41, 5.74) is 1.28. The van der Waals surface area contributed by atoms with Gasteiger partial charge in [-0.3, -0.25) is 0 Å². The van der Waals surface area contributed by atoms with E-state index >= 15 is 0 Å². The molecule has 5 nitrogen and oxygen atoms in total. The molecule has 0 atom stereocenters. The fourth-order valence-corrected chi connectivity index (χ4v) is 2.92. The molecule has 2 aromatic rings. The molecule has 1 N–H and O–H groups in total. The molecule has 20 heavy (non-hydrogen) atoms. The highest BCUT2D eigenvalue weighted by Gasteiger charge is 2.25. The van der Waals surface area contributed by atoms with E-state index in [2.05, 4.69) is 28.1 Å². The number of hydrogen-bond donors (Lipinski definition) is 1. The van der Waals surface area contributed by atoms with Crippen LogP contribution < -0.4 is 0 Å². The molecular weight excluding hydrogens is 252 g/mol. The first-order valence-electron chi connectivity index (χ1n) is 7.22. The molecule has 2 heterocycles. The second-order valence-corrected chi connectivity index (χ2v) is 5.50. The molecule has 2 aromatic heterocycles. The molecule has 1 aliphatic rings. The quantitative estimate of drug-likeness (QED) is 0.923. The van der Waals surface area contributed by atoms with Crippen LogP contribution in [0, 0.1) is 17.2 Å². The molecule has 0 spiro atoms. The summed E-state index contributed by atoms with van der Waals surface area (Å²) in [7, 11) is 0. The SMILES string of the molecule is CCC1CCC(c2noc(-c3cc(C#N)c[nH]3)n2)CC1. The van der Waals surface area contributed by atoms with Crippen molar-refractivity contribution < 1.29 is 4.52 Å². The highest BCUT2D eigenvalue weighted by atomic mass is 16.5. The van der Waals surface area contributed by atoms with Crippen LogP contribution in [-0.2, 0) is 0 Å². The normalized spacial score (nSPS) is 22.6. The molecule has 1 fully saturated rings. The summed E-state index contributed by atoms with van der Waals surface area (Å²) >= 11 is 0.